The number of aryl methyl sites for hydroxylation is 1. The van der Waals surface area contributed by atoms with Crippen LogP contribution in [0.3, 0.4) is 0 Å². The van der Waals surface area contributed by atoms with Crippen LogP contribution in [-0.2, 0) is 0 Å². The van der Waals surface area contributed by atoms with Crippen LogP contribution in [0.2, 0.25) is 0 Å². The van der Waals surface area contributed by atoms with E-state index >= 15 is 0 Å². The summed E-state index contributed by atoms with van der Waals surface area (Å²) in [6.07, 6.45) is 0. The molecule has 1 aromatic heterocycles. The van der Waals surface area contributed by atoms with E-state index in [1.165, 1.54) is 0 Å². The van der Waals surface area contributed by atoms with Crippen molar-refractivity contribution in [3.05, 3.63) is 58.1 Å². The minimum atomic E-state index is -0.180. The van der Waals surface area contributed by atoms with Crippen molar-refractivity contribution in [2.45, 2.75) is 6.92 Å². The number of aromatic amines is 1. The summed E-state index contributed by atoms with van der Waals surface area (Å²) in [5.74, 6) is 0.244. The topological polar surface area (TPSA) is 83.6 Å². The van der Waals surface area contributed by atoms with Gasteiger partial charge < -0.3 is 5.32 Å². The molecule has 0 aliphatic heterocycles. The summed E-state index contributed by atoms with van der Waals surface area (Å²) in [5.41, 5.74) is 2.85. The quantitative estimate of drug-likeness (QED) is 0.753. The summed E-state index contributed by atoms with van der Waals surface area (Å²) >= 11 is 3.40. The standard InChI is InChI=1S/C15H12BrN5O/c1-9-4-2-3-5-11(9)15(22)17-13-8-10(16)6-7-12(13)14-18-20-21-19-14/h2-8H,1H3,(H,17,22)(H,18,19,20,21). The van der Waals surface area contributed by atoms with Crippen molar-refractivity contribution in [2.24, 2.45) is 0 Å². The molecule has 7 heteroatoms. The molecule has 6 nitrogen and oxygen atoms in total. The highest BCUT2D eigenvalue weighted by molar-refractivity contribution is 9.10. The number of tetrazole rings is 1. The number of anilines is 1. The molecule has 3 aromatic rings. The fourth-order valence-corrected chi connectivity index (χ4v) is 2.47. The molecule has 1 amide bonds. The van der Waals surface area contributed by atoms with Crippen LogP contribution in [-0.4, -0.2) is 26.5 Å². The zero-order chi connectivity index (χ0) is 15.5. The Kier molecular flexibility index (Phi) is 3.97. The lowest BCUT2D eigenvalue weighted by Crippen LogP contribution is -2.14. The van der Waals surface area contributed by atoms with E-state index < -0.39 is 0 Å². The van der Waals surface area contributed by atoms with Crippen molar-refractivity contribution in [2.75, 3.05) is 5.32 Å². The minimum Gasteiger partial charge on any atom is -0.321 e. The first-order chi connectivity index (χ1) is 10.6. The fraction of sp³-hybridized carbons (Fsp3) is 0.0667. The maximum absolute atomic E-state index is 12.5. The lowest BCUT2D eigenvalue weighted by atomic mass is 10.1. The summed E-state index contributed by atoms with van der Waals surface area (Å²) in [6.45, 7) is 1.90. The molecule has 0 saturated carbocycles. The second kappa shape index (κ2) is 6.07. The van der Waals surface area contributed by atoms with Crippen LogP contribution >= 0.6 is 15.9 Å². The Hall–Kier alpha value is -2.54. The molecule has 0 saturated heterocycles. The maximum Gasteiger partial charge on any atom is 0.255 e. The molecular weight excluding hydrogens is 346 g/mol. The summed E-state index contributed by atoms with van der Waals surface area (Å²) in [4.78, 5) is 12.5. The summed E-state index contributed by atoms with van der Waals surface area (Å²) in [7, 11) is 0. The first kappa shape index (κ1) is 14.4. The average molecular weight is 358 g/mol. The monoisotopic (exact) mass is 357 g/mol. The lowest BCUT2D eigenvalue weighted by molar-refractivity contribution is 0.102. The van der Waals surface area contributed by atoms with Crippen molar-refractivity contribution in [1.29, 1.82) is 0 Å². The van der Waals surface area contributed by atoms with Gasteiger partial charge in [-0.15, -0.1) is 10.2 Å². The Morgan fingerprint density at radius 2 is 2.05 bits per heavy atom. The number of aromatic nitrogens is 4. The third kappa shape index (κ3) is 2.89. The van der Waals surface area contributed by atoms with Crippen molar-refractivity contribution in [3.63, 3.8) is 0 Å². The number of benzene rings is 2. The number of hydrogen-bond acceptors (Lipinski definition) is 4. The van der Waals surface area contributed by atoms with E-state index in [4.69, 9.17) is 0 Å². The molecule has 0 aliphatic rings. The first-order valence-electron chi connectivity index (χ1n) is 6.55. The predicted octanol–water partition coefficient (Wildman–Crippen LogP) is 3.19. The van der Waals surface area contributed by atoms with Crippen molar-refractivity contribution in [3.8, 4) is 11.4 Å². The predicted molar refractivity (Wildman–Crippen MR) is 86.4 cm³/mol. The first-order valence-corrected chi connectivity index (χ1v) is 7.35. The van der Waals surface area contributed by atoms with Crippen molar-refractivity contribution < 1.29 is 4.79 Å². The number of H-pyrrole nitrogens is 1. The highest BCUT2D eigenvalue weighted by atomic mass is 79.9. The molecule has 0 unspecified atom stereocenters. The number of carbonyl (C=O) groups is 1. The van der Waals surface area contributed by atoms with E-state index in [1.54, 1.807) is 6.07 Å². The second-order valence-corrected chi connectivity index (χ2v) is 5.61. The van der Waals surface area contributed by atoms with Gasteiger partial charge in [0, 0.05) is 15.6 Å². The normalized spacial score (nSPS) is 10.5. The zero-order valence-electron chi connectivity index (χ0n) is 11.7. The molecule has 0 atom stereocenters. The van der Waals surface area contributed by atoms with E-state index in [-0.39, 0.29) is 5.91 Å². The van der Waals surface area contributed by atoms with E-state index in [0.717, 1.165) is 10.0 Å². The molecule has 22 heavy (non-hydrogen) atoms. The molecule has 2 N–H and O–H groups in total. The summed E-state index contributed by atoms with van der Waals surface area (Å²) in [6, 6.07) is 12.9. The summed E-state index contributed by atoms with van der Waals surface area (Å²) < 4.78 is 0.847. The number of carbonyl (C=O) groups excluding carboxylic acids is 1. The van der Waals surface area contributed by atoms with Crippen LogP contribution in [0.15, 0.2) is 46.9 Å². The van der Waals surface area contributed by atoms with Gasteiger partial charge in [-0.25, -0.2) is 0 Å². The van der Waals surface area contributed by atoms with Gasteiger partial charge in [0.2, 0.25) is 5.82 Å². The number of nitrogens with zero attached hydrogens (tertiary/aromatic N) is 3. The van der Waals surface area contributed by atoms with E-state index in [1.807, 2.05) is 43.3 Å². The van der Waals surface area contributed by atoms with Gasteiger partial charge in [0.05, 0.1) is 5.69 Å². The van der Waals surface area contributed by atoms with Crippen LogP contribution in [0.5, 0.6) is 0 Å². The van der Waals surface area contributed by atoms with Crippen LogP contribution in [0, 0.1) is 6.92 Å². The van der Waals surface area contributed by atoms with Crippen molar-refractivity contribution in [1.82, 2.24) is 20.6 Å². The Morgan fingerprint density at radius 3 is 2.77 bits per heavy atom. The van der Waals surface area contributed by atoms with Crippen molar-refractivity contribution >= 4 is 27.5 Å². The minimum absolute atomic E-state index is 0.180. The Balaban J connectivity index is 1.97. The molecule has 0 fully saturated rings. The maximum atomic E-state index is 12.5. The van der Waals surface area contributed by atoms with Crippen LogP contribution in [0.1, 0.15) is 15.9 Å². The third-order valence-electron chi connectivity index (χ3n) is 3.21. The van der Waals surface area contributed by atoms with Gasteiger partial charge in [0.15, 0.2) is 0 Å². The van der Waals surface area contributed by atoms with Gasteiger partial charge in [0.1, 0.15) is 0 Å². The molecule has 0 bridgehead atoms. The number of halogens is 1. The smallest absolute Gasteiger partial charge is 0.255 e. The SMILES string of the molecule is Cc1ccccc1C(=O)Nc1cc(Br)ccc1-c1nn[nH]n1. The molecular formula is C15H12BrN5O. The highest BCUT2D eigenvalue weighted by Gasteiger charge is 2.14. The van der Waals surface area contributed by atoms with Gasteiger partial charge in [0.25, 0.3) is 5.91 Å². The molecule has 0 radical (unpaired) electrons. The number of rotatable bonds is 3. The van der Waals surface area contributed by atoms with Crippen LogP contribution in [0.25, 0.3) is 11.4 Å². The molecule has 2 aromatic carbocycles. The third-order valence-corrected chi connectivity index (χ3v) is 3.70. The zero-order valence-corrected chi connectivity index (χ0v) is 13.3. The average Bonchev–Trinajstić information content (AvgIpc) is 3.02. The Bertz CT molecular complexity index is 817. The summed E-state index contributed by atoms with van der Waals surface area (Å²) in [5, 5.41) is 16.8. The van der Waals surface area contributed by atoms with Gasteiger partial charge >= 0.3 is 0 Å². The highest BCUT2D eigenvalue weighted by Crippen LogP contribution is 2.28. The fourth-order valence-electron chi connectivity index (χ4n) is 2.11. The van der Waals surface area contributed by atoms with E-state index in [0.29, 0.717) is 22.6 Å². The van der Waals surface area contributed by atoms with Crippen LogP contribution < -0.4 is 5.32 Å². The Labute approximate surface area is 135 Å². The van der Waals surface area contributed by atoms with E-state index in [9.17, 15) is 4.79 Å². The second-order valence-electron chi connectivity index (χ2n) is 4.69. The molecule has 0 spiro atoms. The molecule has 1 heterocycles. The number of hydrogen-bond donors (Lipinski definition) is 2. The lowest BCUT2D eigenvalue weighted by Gasteiger charge is -2.11. The number of nitrogens with one attached hydrogen (secondary N) is 2. The van der Waals surface area contributed by atoms with Gasteiger partial charge in [-0.1, -0.05) is 34.1 Å². The molecule has 0 aliphatic carbocycles. The largest absolute Gasteiger partial charge is 0.321 e. The number of amides is 1. The van der Waals surface area contributed by atoms with E-state index in [2.05, 4.69) is 41.9 Å². The van der Waals surface area contributed by atoms with Gasteiger partial charge in [-0.2, -0.15) is 5.21 Å². The van der Waals surface area contributed by atoms with Gasteiger partial charge in [-0.05, 0) is 42.0 Å². The van der Waals surface area contributed by atoms with Crippen LogP contribution in [0.4, 0.5) is 5.69 Å². The Morgan fingerprint density at radius 1 is 1.23 bits per heavy atom. The molecule has 3 rings (SSSR count). The van der Waals surface area contributed by atoms with Gasteiger partial charge in [-0.3, -0.25) is 4.79 Å². The molecule has 110 valence electrons.